The molecule has 1 aliphatic rings. The summed E-state index contributed by atoms with van der Waals surface area (Å²) in [5, 5.41) is 6.50. The summed E-state index contributed by atoms with van der Waals surface area (Å²) >= 11 is 0. The van der Waals surface area contributed by atoms with Crippen LogP contribution in [0.15, 0.2) is 33.9 Å². The minimum Gasteiger partial charge on any atom is -0.477 e. The van der Waals surface area contributed by atoms with Gasteiger partial charge in [-0.3, -0.25) is 4.99 Å². The molecular formula is C20H29N5O2. The Bertz CT molecular complexity index is 775. The number of guanidine groups is 1. The molecule has 0 aromatic carbocycles. The molecule has 7 heteroatoms. The van der Waals surface area contributed by atoms with E-state index in [4.69, 9.17) is 9.15 Å². The second-order valence-corrected chi connectivity index (χ2v) is 7.90. The highest BCUT2D eigenvalue weighted by molar-refractivity contribution is 5.79. The minimum absolute atomic E-state index is 0.0498. The topological polar surface area (TPSA) is 84.6 Å². The van der Waals surface area contributed by atoms with Crippen LogP contribution in [-0.2, 0) is 18.5 Å². The van der Waals surface area contributed by atoms with E-state index in [2.05, 4.69) is 46.4 Å². The SMILES string of the molecule is CN=C(NCc1ccnc(OCC2CC2)c1)NCc1ncc(C(C)(C)C)o1. The van der Waals surface area contributed by atoms with Gasteiger partial charge in [-0.2, -0.15) is 0 Å². The van der Waals surface area contributed by atoms with E-state index in [1.54, 1.807) is 19.4 Å². The Balaban J connectivity index is 1.47. The van der Waals surface area contributed by atoms with Crippen molar-refractivity contribution in [3.8, 4) is 5.88 Å². The monoisotopic (exact) mass is 371 g/mol. The van der Waals surface area contributed by atoms with E-state index in [0.29, 0.717) is 36.7 Å². The van der Waals surface area contributed by atoms with Gasteiger partial charge in [0.1, 0.15) is 5.76 Å². The van der Waals surface area contributed by atoms with Crippen LogP contribution in [0.3, 0.4) is 0 Å². The van der Waals surface area contributed by atoms with Crippen LogP contribution >= 0.6 is 0 Å². The lowest BCUT2D eigenvalue weighted by atomic mass is 9.94. The molecule has 2 N–H and O–H groups in total. The van der Waals surface area contributed by atoms with Gasteiger partial charge in [-0.25, -0.2) is 9.97 Å². The standard InChI is InChI=1S/C20H29N5O2/c1-20(2,3)16-11-23-18(27-16)12-25-19(21-4)24-10-15-7-8-22-17(9-15)26-13-14-5-6-14/h7-9,11,14H,5-6,10,12-13H2,1-4H3,(H2,21,24,25). The molecule has 146 valence electrons. The van der Waals surface area contributed by atoms with Crippen LogP contribution < -0.4 is 15.4 Å². The molecule has 1 fully saturated rings. The molecule has 7 nitrogen and oxygen atoms in total. The van der Waals surface area contributed by atoms with E-state index in [9.17, 15) is 0 Å². The lowest BCUT2D eigenvalue weighted by Gasteiger charge is -2.13. The van der Waals surface area contributed by atoms with Gasteiger partial charge in [-0.15, -0.1) is 0 Å². The highest BCUT2D eigenvalue weighted by Crippen LogP contribution is 2.29. The summed E-state index contributed by atoms with van der Waals surface area (Å²) in [5.41, 5.74) is 1.04. The molecule has 27 heavy (non-hydrogen) atoms. The summed E-state index contributed by atoms with van der Waals surface area (Å²) in [4.78, 5) is 12.8. The second-order valence-electron chi connectivity index (χ2n) is 7.90. The highest BCUT2D eigenvalue weighted by atomic mass is 16.5. The maximum atomic E-state index is 5.79. The number of oxazole rings is 1. The van der Waals surface area contributed by atoms with Gasteiger partial charge in [-0.05, 0) is 30.4 Å². The number of aliphatic imine (C=N–C) groups is 1. The number of nitrogens with one attached hydrogen (secondary N) is 2. The van der Waals surface area contributed by atoms with Crippen molar-refractivity contribution in [3.63, 3.8) is 0 Å². The van der Waals surface area contributed by atoms with E-state index in [0.717, 1.165) is 17.9 Å². The molecule has 0 bridgehead atoms. The summed E-state index contributed by atoms with van der Waals surface area (Å²) in [6.45, 7) is 8.16. The fraction of sp³-hybridized carbons (Fsp3) is 0.550. The molecule has 0 radical (unpaired) electrons. The zero-order valence-corrected chi connectivity index (χ0v) is 16.6. The predicted octanol–water partition coefficient (Wildman–Crippen LogP) is 3.02. The summed E-state index contributed by atoms with van der Waals surface area (Å²) in [6.07, 6.45) is 6.10. The average Bonchev–Trinajstić information content (AvgIpc) is 3.34. The maximum Gasteiger partial charge on any atom is 0.213 e. The van der Waals surface area contributed by atoms with Crippen LogP contribution in [-0.4, -0.2) is 29.6 Å². The number of aromatic nitrogens is 2. The Morgan fingerprint density at radius 2 is 2.04 bits per heavy atom. The quantitative estimate of drug-likeness (QED) is 0.575. The van der Waals surface area contributed by atoms with Crippen molar-refractivity contribution in [1.29, 1.82) is 0 Å². The van der Waals surface area contributed by atoms with Gasteiger partial charge >= 0.3 is 0 Å². The van der Waals surface area contributed by atoms with Crippen molar-refractivity contribution in [1.82, 2.24) is 20.6 Å². The zero-order valence-electron chi connectivity index (χ0n) is 16.6. The number of hydrogen-bond donors (Lipinski definition) is 2. The smallest absolute Gasteiger partial charge is 0.213 e. The van der Waals surface area contributed by atoms with E-state index in [1.165, 1.54) is 12.8 Å². The third kappa shape index (κ3) is 5.98. The summed E-state index contributed by atoms with van der Waals surface area (Å²) in [6, 6.07) is 3.93. The third-order valence-electron chi connectivity index (χ3n) is 4.35. The van der Waals surface area contributed by atoms with E-state index < -0.39 is 0 Å². The molecule has 0 aliphatic heterocycles. The van der Waals surface area contributed by atoms with E-state index in [1.807, 2.05) is 12.1 Å². The molecule has 2 aromatic heterocycles. The van der Waals surface area contributed by atoms with Gasteiger partial charge in [0.25, 0.3) is 0 Å². The first-order valence-corrected chi connectivity index (χ1v) is 9.41. The van der Waals surface area contributed by atoms with Crippen LogP contribution in [0.4, 0.5) is 0 Å². The maximum absolute atomic E-state index is 5.79. The van der Waals surface area contributed by atoms with Crippen molar-refractivity contribution in [2.75, 3.05) is 13.7 Å². The molecule has 0 saturated heterocycles. The Morgan fingerprint density at radius 3 is 2.70 bits per heavy atom. The summed E-state index contributed by atoms with van der Waals surface area (Å²) in [5.74, 6) is 3.59. The Hall–Kier alpha value is -2.57. The van der Waals surface area contributed by atoms with Crippen molar-refractivity contribution >= 4 is 5.96 Å². The van der Waals surface area contributed by atoms with Crippen molar-refractivity contribution in [3.05, 3.63) is 41.7 Å². The Kier molecular flexibility index (Phi) is 5.98. The van der Waals surface area contributed by atoms with Gasteiger partial charge in [0.2, 0.25) is 11.8 Å². The van der Waals surface area contributed by atoms with Gasteiger partial charge in [0, 0.05) is 31.3 Å². The molecule has 0 amide bonds. The largest absolute Gasteiger partial charge is 0.477 e. The number of pyridine rings is 1. The van der Waals surface area contributed by atoms with Crippen LogP contribution in [0, 0.1) is 5.92 Å². The van der Waals surface area contributed by atoms with Gasteiger partial charge in [-0.1, -0.05) is 20.8 Å². The molecule has 0 atom stereocenters. The highest BCUT2D eigenvalue weighted by Gasteiger charge is 2.22. The Labute approximate surface area is 160 Å². The summed E-state index contributed by atoms with van der Waals surface area (Å²) < 4.78 is 11.5. The van der Waals surface area contributed by atoms with Gasteiger partial charge in [0.15, 0.2) is 5.96 Å². The second kappa shape index (κ2) is 8.41. The van der Waals surface area contributed by atoms with E-state index in [-0.39, 0.29) is 5.41 Å². The fourth-order valence-electron chi connectivity index (χ4n) is 2.43. The molecule has 2 heterocycles. The molecule has 0 spiro atoms. The first-order chi connectivity index (χ1) is 12.9. The van der Waals surface area contributed by atoms with Crippen LogP contribution in [0.2, 0.25) is 0 Å². The molecule has 1 aliphatic carbocycles. The van der Waals surface area contributed by atoms with Crippen LogP contribution in [0.5, 0.6) is 5.88 Å². The van der Waals surface area contributed by atoms with Crippen molar-refractivity contribution in [2.45, 2.75) is 52.1 Å². The molecular weight excluding hydrogens is 342 g/mol. The number of ether oxygens (including phenoxy) is 1. The zero-order chi connectivity index (χ0) is 19.3. The lowest BCUT2D eigenvalue weighted by molar-refractivity contribution is 0.288. The summed E-state index contributed by atoms with van der Waals surface area (Å²) in [7, 11) is 1.74. The predicted molar refractivity (Wildman–Crippen MR) is 105 cm³/mol. The third-order valence-corrected chi connectivity index (χ3v) is 4.35. The van der Waals surface area contributed by atoms with Crippen molar-refractivity contribution < 1.29 is 9.15 Å². The van der Waals surface area contributed by atoms with E-state index >= 15 is 0 Å². The first-order valence-electron chi connectivity index (χ1n) is 9.41. The number of nitrogens with zero attached hydrogens (tertiary/aromatic N) is 3. The number of rotatable bonds is 7. The minimum atomic E-state index is -0.0498. The number of hydrogen-bond acceptors (Lipinski definition) is 5. The molecule has 2 aromatic rings. The fourth-order valence-corrected chi connectivity index (χ4v) is 2.43. The average molecular weight is 371 g/mol. The molecule has 0 unspecified atom stereocenters. The molecule has 1 saturated carbocycles. The van der Waals surface area contributed by atoms with Crippen molar-refractivity contribution in [2.24, 2.45) is 10.9 Å². The lowest BCUT2D eigenvalue weighted by Crippen LogP contribution is -2.36. The first kappa shape index (κ1) is 19.2. The van der Waals surface area contributed by atoms with Gasteiger partial charge in [0.05, 0.1) is 19.3 Å². The van der Waals surface area contributed by atoms with Gasteiger partial charge < -0.3 is 19.8 Å². The van der Waals surface area contributed by atoms with Crippen LogP contribution in [0.25, 0.3) is 0 Å². The normalized spacial score (nSPS) is 14.9. The Morgan fingerprint density at radius 1 is 1.26 bits per heavy atom. The van der Waals surface area contributed by atoms with Crippen LogP contribution in [0.1, 0.15) is 50.8 Å². The molecule has 3 rings (SSSR count).